The molecule has 3 fully saturated rings. The Balaban J connectivity index is 1.35. The summed E-state index contributed by atoms with van der Waals surface area (Å²) in [5, 5.41) is 8.63. The maximum absolute atomic E-state index is 12.4. The van der Waals surface area contributed by atoms with Crippen LogP contribution in [-0.4, -0.2) is 76.6 Å². The molecule has 1 aromatic rings. The third kappa shape index (κ3) is 3.17. The van der Waals surface area contributed by atoms with Gasteiger partial charge in [-0.2, -0.15) is 0 Å². The number of hydrogen-bond donors (Lipinski definition) is 2. The molecule has 0 aromatic carbocycles. The smallest absolute Gasteiger partial charge is 0.410 e. The first-order valence-corrected chi connectivity index (χ1v) is 8.74. The van der Waals surface area contributed by atoms with Crippen LogP contribution in [-0.2, 0) is 9.47 Å². The molecule has 10 nitrogen and oxygen atoms in total. The summed E-state index contributed by atoms with van der Waals surface area (Å²) in [6.45, 7) is 2.49. The minimum absolute atomic E-state index is 0.0555. The molecular formula is C16H21N5O5. The summed E-state index contributed by atoms with van der Waals surface area (Å²) in [5.41, 5.74) is 1.73. The number of aromatic nitrogens is 2. The zero-order valence-corrected chi connectivity index (χ0v) is 14.2. The van der Waals surface area contributed by atoms with E-state index in [1.54, 1.807) is 10.4 Å². The van der Waals surface area contributed by atoms with Crippen molar-refractivity contribution in [2.45, 2.75) is 37.5 Å². The fourth-order valence-electron chi connectivity index (χ4n) is 3.79. The number of piperazine rings is 1. The number of likely N-dealkylation sites (tertiary alicyclic amines) is 1. The third-order valence-electron chi connectivity index (χ3n) is 5.17. The number of anilines is 1. The lowest BCUT2D eigenvalue weighted by Gasteiger charge is -2.34. The van der Waals surface area contributed by atoms with Gasteiger partial charge in [-0.15, -0.1) is 0 Å². The third-order valence-corrected chi connectivity index (χ3v) is 5.17. The Morgan fingerprint density at radius 1 is 1.19 bits per heavy atom. The SMILES string of the molecule is O=C(NO)c1cnc(N2C[C@H]3C[C@@H]2CN3C(=O)OC2CCOCC2)nc1. The summed E-state index contributed by atoms with van der Waals surface area (Å²) >= 11 is 0. The molecule has 0 spiro atoms. The molecule has 3 aliphatic heterocycles. The quantitative estimate of drug-likeness (QED) is 0.577. The average Bonchev–Trinajstić information content (AvgIpc) is 3.29. The fourth-order valence-corrected chi connectivity index (χ4v) is 3.79. The van der Waals surface area contributed by atoms with E-state index < -0.39 is 5.91 Å². The van der Waals surface area contributed by atoms with Crippen LogP contribution >= 0.6 is 0 Å². The number of carbonyl (C=O) groups is 2. The van der Waals surface area contributed by atoms with Gasteiger partial charge in [0.15, 0.2) is 0 Å². The fraction of sp³-hybridized carbons (Fsp3) is 0.625. The molecule has 3 aliphatic rings. The van der Waals surface area contributed by atoms with Crippen molar-refractivity contribution in [3.8, 4) is 0 Å². The van der Waals surface area contributed by atoms with Gasteiger partial charge in [-0.1, -0.05) is 0 Å². The van der Waals surface area contributed by atoms with Crippen molar-refractivity contribution in [3.05, 3.63) is 18.0 Å². The standard InChI is InChI=1S/C16H21N5O5/c22-14(19-24)10-6-17-15(18-7-10)20-8-12-5-11(20)9-21(12)16(23)26-13-1-3-25-4-2-13/h6-7,11-13,24H,1-5,8-9H2,(H,19,22)/t11-,12-/m1/s1. The van der Waals surface area contributed by atoms with Crippen LogP contribution in [0.2, 0.25) is 0 Å². The maximum atomic E-state index is 12.4. The average molecular weight is 363 g/mol. The summed E-state index contributed by atoms with van der Waals surface area (Å²) in [6.07, 6.45) is 4.79. The summed E-state index contributed by atoms with van der Waals surface area (Å²) in [4.78, 5) is 36.0. The van der Waals surface area contributed by atoms with Crippen LogP contribution in [0, 0.1) is 0 Å². The predicted molar refractivity (Wildman–Crippen MR) is 87.9 cm³/mol. The molecule has 0 radical (unpaired) electrons. The Kier molecular flexibility index (Phi) is 4.60. The van der Waals surface area contributed by atoms with Gasteiger partial charge in [0.25, 0.3) is 5.91 Å². The van der Waals surface area contributed by atoms with Crippen LogP contribution in [0.4, 0.5) is 10.7 Å². The molecule has 140 valence electrons. The molecular weight excluding hydrogens is 342 g/mol. The monoisotopic (exact) mass is 363 g/mol. The summed E-state index contributed by atoms with van der Waals surface area (Å²) in [5.74, 6) is -0.133. The number of hydrogen-bond acceptors (Lipinski definition) is 8. The highest BCUT2D eigenvalue weighted by molar-refractivity contribution is 5.92. The molecule has 1 aromatic heterocycles. The molecule has 2 N–H and O–H groups in total. The molecule has 0 unspecified atom stereocenters. The van der Waals surface area contributed by atoms with Crippen molar-refractivity contribution in [1.29, 1.82) is 0 Å². The van der Waals surface area contributed by atoms with E-state index in [9.17, 15) is 9.59 Å². The molecule has 3 saturated heterocycles. The zero-order valence-electron chi connectivity index (χ0n) is 14.2. The van der Waals surface area contributed by atoms with E-state index in [2.05, 4.69) is 9.97 Å². The molecule has 2 bridgehead atoms. The second-order valence-electron chi connectivity index (χ2n) is 6.76. The molecule has 4 rings (SSSR count). The van der Waals surface area contributed by atoms with Gasteiger partial charge in [0, 0.05) is 38.3 Å². The summed E-state index contributed by atoms with van der Waals surface area (Å²) in [6, 6.07) is 0.219. The maximum Gasteiger partial charge on any atom is 0.410 e. The van der Waals surface area contributed by atoms with Gasteiger partial charge in [0.05, 0.1) is 30.9 Å². The summed E-state index contributed by atoms with van der Waals surface area (Å²) < 4.78 is 10.9. The number of carbonyl (C=O) groups excluding carboxylic acids is 2. The zero-order chi connectivity index (χ0) is 18.1. The number of hydroxylamine groups is 1. The number of fused-ring (bicyclic) bond motifs is 2. The molecule has 0 aliphatic carbocycles. The van der Waals surface area contributed by atoms with Crippen LogP contribution in [0.3, 0.4) is 0 Å². The molecule has 10 heteroatoms. The number of amides is 2. The van der Waals surface area contributed by atoms with E-state index >= 15 is 0 Å². The van der Waals surface area contributed by atoms with Crippen LogP contribution in [0.1, 0.15) is 29.6 Å². The Labute approximate surface area is 150 Å². The van der Waals surface area contributed by atoms with Crippen LogP contribution in [0.5, 0.6) is 0 Å². The lowest BCUT2D eigenvalue weighted by Crippen LogP contribution is -2.50. The lowest BCUT2D eigenvalue weighted by atomic mass is 10.2. The first kappa shape index (κ1) is 17.0. The van der Waals surface area contributed by atoms with Gasteiger partial charge < -0.3 is 19.3 Å². The van der Waals surface area contributed by atoms with E-state index in [-0.39, 0.29) is 29.8 Å². The normalized spacial score (nSPS) is 25.4. The lowest BCUT2D eigenvalue weighted by molar-refractivity contribution is -0.0118. The first-order valence-electron chi connectivity index (χ1n) is 8.74. The highest BCUT2D eigenvalue weighted by atomic mass is 16.6. The van der Waals surface area contributed by atoms with E-state index in [0.29, 0.717) is 32.3 Å². The topological polar surface area (TPSA) is 117 Å². The molecule has 26 heavy (non-hydrogen) atoms. The number of rotatable bonds is 3. The van der Waals surface area contributed by atoms with Crippen molar-refractivity contribution >= 4 is 17.9 Å². The summed E-state index contributed by atoms with van der Waals surface area (Å²) in [7, 11) is 0. The van der Waals surface area contributed by atoms with E-state index in [4.69, 9.17) is 14.7 Å². The Morgan fingerprint density at radius 3 is 2.54 bits per heavy atom. The second-order valence-corrected chi connectivity index (χ2v) is 6.76. The van der Waals surface area contributed by atoms with Gasteiger partial charge in [-0.3, -0.25) is 10.0 Å². The van der Waals surface area contributed by atoms with Crippen LogP contribution in [0.25, 0.3) is 0 Å². The Morgan fingerprint density at radius 2 is 1.92 bits per heavy atom. The van der Waals surface area contributed by atoms with E-state index in [0.717, 1.165) is 19.3 Å². The molecule has 2 atom stereocenters. The number of ether oxygens (including phenoxy) is 2. The van der Waals surface area contributed by atoms with Crippen LogP contribution < -0.4 is 10.4 Å². The minimum atomic E-state index is -0.651. The number of nitrogens with one attached hydrogen (secondary N) is 1. The van der Waals surface area contributed by atoms with Crippen LogP contribution in [0.15, 0.2) is 12.4 Å². The van der Waals surface area contributed by atoms with Gasteiger partial charge in [0.1, 0.15) is 6.10 Å². The van der Waals surface area contributed by atoms with Crippen molar-refractivity contribution in [2.24, 2.45) is 0 Å². The Bertz CT molecular complexity index is 678. The predicted octanol–water partition coefficient (Wildman–Crippen LogP) is 0.174. The largest absolute Gasteiger partial charge is 0.446 e. The van der Waals surface area contributed by atoms with Crippen molar-refractivity contribution < 1.29 is 24.3 Å². The van der Waals surface area contributed by atoms with Gasteiger partial charge in [-0.25, -0.2) is 20.2 Å². The Hall–Kier alpha value is -2.46. The molecule has 2 amide bonds. The van der Waals surface area contributed by atoms with Gasteiger partial charge in [-0.05, 0) is 6.42 Å². The first-order chi connectivity index (χ1) is 12.7. The minimum Gasteiger partial charge on any atom is -0.446 e. The van der Waals surface area contributed by atoms with Crippen molar-refractivity contribution in [2.75, 3.05) is 31.2 Å². The second kappa shape index (κ2) is 7.04. The van der Waals surface area contributed by atoms with E-state index in [1.165, 1.54) is 12.4 Å². The number of nitrogens with zero attached hydrogens (tertiary/aromatic N) is 4. The van der Waals surface area contributed by atoms with E-state index in [1.807, 2.05) is 4.90 Å². The van der Waals surface area contributed by atoms with Crippen molar-refractivity contribution in [1.82, 2.24) is 20.3 Å². The molecule has 0 saturated carbocycles. The highest BCUT2D eigenvalue weighted by Gasteiger charge is 2.47. The van der Waals surface area contributed by atoms with Gasteiger partial charge >= 0.3 is 6.09 Å². The van der Waals surface area contributed by atoms with Gasteiger partial charge in [0.2, 0.25) is 5.95 Å². The van der Waals surface area contributed by atoms with Crippen molar-refractivity contribution in [3.63, 3.8) is 0 Å². The highest BCUT2D eigenvalue weighted by Crippen LogP contribution is 2.33. The molecule has 4 heterocycles.